The fourth-order valence-corrected chi connectivity index (χ4v) is 2.48. The van der Waals surface area contributed by atoms with Gasteiger partial charge in [-0.1, -0.05) is 36.4 Å². The summed E-state index contributed by atoms with van der Waals surface area (Å²) in [6.45, 7) is 3.88. The third-order valence-corrected chi connectivity index (χ3v) is 3.46. The Morgan fingerprint density at radius 2 is 1.87 bits per heavy atom. The molecule has 0 aliphatic rings. The Labute approximate surface area is 135 Å². The molecule has 0 atom stereocenters. The summed E-state index contributed by atoms with van der Waals surface area (Å²) in [7, 11) is 0. The minimum absolute atomic E-state index is 0.103. The number of hydrogen-bond acceptors (Lipinski definition) is 2. The van der Waals surface area contributed by atoms with Gasteiger partial charge in [0, 0.05) is 29.4 Å². The molecule has 4 nitrogen and oxygen atoms in total. The normalized spacial score (nSPS) is 11.4. The molecule has 0 aliphatic carbocycles. The predicted molar refractivity (Wildman–Crippen MR) is 92.9 cm³/mol. The van der Waals surface area contributed by atoms with Crippen molar-refractivity contribution < 1.29 is 4.79 Å². The zero-order chi connectivity index (χ0) is 16.2. The standard InChI is InChI=1S/C19H19N3O/c1-14(2)20-18(23)12-11-16-17-10-6-7-13-22(17)21-19(16)15-8-4-3-5-9-15/h3-14H,1-2H3,(H,20,23)/b12-11+. The van der Waals surface area contributed by atoms with Gasteiger partial charge in [-0.2, -0.15) is 5.10 Å². The number of aromatic nitrogens is 2. The maximum Gasteiger partial charge on any atom is 0.244 e. The zero-order valence-corrected chi connectivity index (χ0v) is 13.2. The van der Waals surface area contributed by atoms with Gasteiger partial charge >= 0.3 is 0 Å². The molecule has 0 radical (unpaired) electrons. The quantitative estimate of drug-likeness (QED) is 0.749. The van der Waals surface area contributed by atoms with Crippen molar-refractivity contribution in [1.29, 1.82) is 0 Å². The van der Waals surface area contributed by atoms with Crippen LogP contribution < -0.4 is 5.32 Å². The summed E-state index contributed by atoms with van der Waals surface area (Å²) in [6, 6.07) is 16.0. The molecule has 1 aromatic carbocycles. The second-order valence-electron chi connectivity index (χ2n) is 5.66. The van der Waals surface area contributed by atoms with Crippen molar-refractivity contribution in [3.8, 4) is 11.3 Å². The van der Waals surface area contributed by atoms with Crippen LogP contribution >= 0.6 is 0 Å². The van der Waals surface area contributed by atoms with Gasteiger partial charge in [0.05, 0.1) is 5.52 Å². The van der Waals surface area contributed by atoms with Crippen molar-refractivity contribution in [2.75, 3.05) is 0 Å². The Bertz CT molecular complexity index is 847. The van der Waals surface area contributed by atoms with E-state index < -0.39 is 0 Å². The molecule has 1 N–H and O–H groups in total. The maximum atomic E-state index is 11.9. The average Bonchev–Trinajstić information content (AvgIpc) is 2.92. The zero-order valence-electron chi connectivity index (χ0n) is 13.2. The average molecular weight is 305 g/mol. The van der Waals surface area contributed by atoms with E-state index in [0.717, 1.165) is 22.3 Å². The summed E-state index contributed by atoms with van der Waals surface area (Å²) in [5.74, 6) is -0.103. The third-order valence-electron chi connectivity index (χ3n) is 3.46. The van der Waals surface area contributed by atoms with Crippen LogP contribution in [-0.4, -0.2) is 21.6 Å². The van der Waals surface area contributed by atoms with E-state index in [1.165, 1.54) is 0 Å². The molecule has 2 aromatic heterocycles. The summed E-state index contributed by atoms with van der Waals surface area (Å²) in [5, 5.41) is 7.52. The molecule has 3 aromatic rings. The number of rotatable bonds is 4. The molecule has 0 bridgehead atoms. The van der Waals surface area contributed by atoms with E-state index in [0.29, 0.717) is 0 Å². The molecule has 0 spiro atoms. The van der Waals surface area contributed by atoms with Gasteiger partial charge in [-0.15, -0.1) is 0 Å². The smallest absolute Gasteiger partial charge is 0.244 e. The number of nitrogens with one attached hydrogen (secondary N) is 1. The van der Waals surface area contributed by atoms with Gasteiger partial charge in [-0.05, 0) is 32.1 Å². The topological polar surface area (TPSA) is 46.4 Å². The lowest BCUT2D eigenvalue weighted by Gasteiger charge is -2.04. The van der Waals surface area contributed by atoms with Crippen molar-refractivity contribution in [3.05, 3.63) is 66.4 Å². The summed E-state index contributed by atoms with van der Waals surface area (Å²) in [4.78, 5) is 11.9. The van der Waals surface area contributed by atoms with Crippen molar-refractivity contribution in [3.63, 3.8) is 0 Å². The van der Waals surface area contributed by atoms with Crippen molar-refractivity contribution >= 4 is 17.5 Å². The maximum absolute atomic E-state index is 11.9. The van der Waals surface area contributed by atoms with Crippen LogP contribution in [0.5, 0.6) is 0 Å². The predicted octanol–water partition coefficient (Wildman–Crippen LogP) is 3.54. The Hall–Kier alpha value is -2.88. The number of carbonyl (C=O) groups excluding carboxylic acids is 1. The molecule has 0 saturated heterocycles. The van der Waals surface area contributed by atoms with E-state index in [1.807, 2.05) is 79.2 Å². The molecule has 1 amide bonds. The number of fused-ring (bicyclic) bond motifs is 1. The number of benzene rings is 1. The number of pyridine rings is 1. The minimum atomic E-state index is -0.103. The molecule has 0 unspecified atom stereocenters. The molecule has 0 saturated carbocycles. The first-order chi connectivity index (χ1) is 11.1. The molecule has 3 rings (SSSR count). The fourth-order valence-electron chi connectivity index (χ4n) is 2.48. The summed E-state index contributed by atoms with van der Waals surface area (Å²) in [6.07, 6.45) is 5.31. The Morgan fingerprint density at radius 3 is 2.61 bits per heavy atom. The van der Waals surface area contributed by atoms with Gasteiger partial charge in [0.15, 0.2) is 0 Å². The first-order valence-electron chi connectivity index (χ1n) is 7.66. The van der Waals surface area contributed by atoms with Crippen molar-refractivity contribution in [2.24, 2.45) is 0 Å². The summed E-state index contributed by atoms with van der Waals surface area (Å²) >= 11 is 0. The number of hydrogen-bond donors (Lipinski definition) is 1. The molecule has 4 heteroatoms. The highest BCUT2D eigenvalue weighted by molar-refractivity contribution is 5.95. The molecular weight excluding hydrogens is 286 g/mol. The van der Waals surface area contributed by atoms with Crippen LogP contribution in [0.1, 0.15) is 19.4 Å². The van der Waals surface area contributed by atoms with Crippen molar-refractivity contribution in [1.82, 2.24) is 14.9 Å². The second-order valence-corrected chi connectivity index (χ2v) is 5.66. The van der Waals surface area contributed by atoms with Crippen LogP contribution in [0.25, 0.3) is 22.9 Å². The van der Waals surface area contributed by atoms with Crippen LogP contribution in [0.2, 0.25) is 0 Å². The highest BCUT2D eigenvalue weighted by atomic mass is 16.1. The monoisotopic (exact) mass is 305 g/mol. The highest BCUT2D eigenvalue weighted by Gasteiger charge is 2.12. The lowest BCUT2D eigenvalue weighted by atomic mass is 10.1. The Balaban J connectivity index is 2.07. The van der Waals surface area contributed by atoms with Crippen LogP contribution in [-0.2, 0) is 4.79 Å². The van der Waals surface area contributed by atoms with E-state index in [-0.39, 0.29) is 11.9 Å². The number of nitrogens with zero attached hydrogens (tertiary/aromatic N) is 2. The number of carbonyl (C=O) groups is 1. The first-order valence-corrected chi connectivity index (χ1v) is 7.66. The first kappa shape index (κ1) is 15.0. The summed E-state index contributed by atoms with van der Waals surface area (Å²) < 4.78 is 1.84. The minimum Gasteiger partial charge on any atom is -0.350 e. The van der Waals surface area contributed by atoms with E-state index in [1.54, 1.807) is 6.08 Å². The SMILES string of the molecule is CC(C)NC(=O)/C=C/c1c(-c2ccccc2)nn2ccccc12. The third kappa shape index (κ3) is 3.31. The Kier molecular flexibility index (Phi) is 4.24. The van der Waals surface area contributed by atoms with Gasteiger partial charge in [-0.25, -0.2) is 4.52 Å². The van der Waals surface area contributed by atoms with Crippen LogP contribution in [0.3, 0.4) is 0 Å². The van der Waals surface area contributed by atoms with Gasteiger partial charge in [0.25, 0.3) is 0 Å². The lowest BCUT2D eigenvalue weighted by Crippen LogP contribution is -2.28. The van der Waals surface area contributed by atoms with Crippen LogP contribution in [0.15, 0.2) is 60.8 Å². The van der Waals surface area contributed by atoms with E-state index in [9.17, 15) is 4.79 Å². The fraction of sp³-hybridized carbons (Fsp3) is 0.158. The Morgan fingerprint density at radius 1 is 1.13 bits per heavy atom. The molecule has 0 fully saturated rings. The van der Waals surface area contributed by atoms with E-state index in [2.05, 4.69) is 10.4 Å². The van der Waals surface area contributed by atoms with E-state index in [4.69, 9.17) is 0 Å². The molecule has 116 valence electrons. The molecule has 23 heavy (non-hydrogen) atoms. The largest absolute Gasteiger partial charge is 0.350 e. The lowest BCUT2D eigenvalue weighted by molar-refractivity contribution is -0.116. The van der Waals surface area contributed by atoms with Gasteiger partial charge in [-0.3, -0.25) is 4.79 Å². The molecule has 0 aliphatic heterocycles. The van der Waals surface area contributed by atoms with Crippen molar-refractivity contribution in [2.45, 2.75) is 19.9 Å². The van der Waals surface area contributed by atoms with Gasteiger partial charge < -0.3 is 5.32 Å². The highest BCUT2D eigenvalue weighted by Crippen LogP contribution is 2.27. The number of amides is 1. The van der Waals surface area contributed by atoms with Gasteiger partial charge in [0.2, 0.25) is 5.91 Å². The molecular formula is C19H19N3O. The van der Waals surface area contributed by atoms with Crippen LogP contribution in [0, 0.1) is 0 Å². The molecule has 2 heterocycles. The second kappa shape index (κ2) is 6.48. The summed E-state index contributed by atoms with van der Waals surface area (Å²) in [5.41, 5.74) is 3.81. The van der Waals surface area contributed by atoms with Crippen LogP contribution in [0.4, 0.5) is 0 Å². The van der Waals surface area contributed by atoms with Gasteiger partial charge in [0.1, 0.15) is 5.69 Å². The van der Waals surface area contributed by atoms with E-state index >= 15 is 0 Å².